The SMILES string of the molecule is Cc1cccc(O[C@@H](C)C(=O)N2CCN(c3cnccn3)CC2)c1. The minimum Gasteiger partial charge on any atom is -0.481 e. The van der Waals surface area contributed by atoms with Gasteiger partial charge in [-0.2, -0.15) is 0 Å². The van der Waals surface area contributed by atoms with Crippen LogP contribution in [-0.4, -0.2) is 53.1 Å². The van der Waals surface area contributed by atoms with Gasteiger partial charge in [-0.25, -0.2) is 4.98 Å². The molecule has 1 aliphatic rings. The lowest BCUT2D eigenvalue weighted by molar-refractivity contribution is -0.138. The molecule has 0 N–H and O–H groups in total. The number of aryl methyl sites for hydroxylation is 1. The summed E-state index contributed by atoms with van der Waals surface area (Å²) in [6.07, 6.45) is 4.61. The van der Waals surface area contributed by atoms with Crippen LogP contribution in [0.1, 0.15) is 12.5 Å². The Morgan fingerprint density at radius 2 is 2.00 bits per heavy atom. The van der Waals surface area contributed by atoms with E-state index < -0.39 is 6.10 Å². The zero-order valence-corrected chi connectivity index (χ0v) is 14.1. The van der Waals surface area contributed by atoms with Gasteiger partial charge < -0.3 is 14.5 Å². The molecule has 1 aliphatic heterocycles. The third-order valence-electron chi connectivity index (χ3n) is 4.12. The van der Waals surface area contributed by atoms with Gasteiger partial charge in [-0.1, -0.05) is 12.1 Å². The average Bonchev–Trinajstić information content (AvgIpc) is 2.62. The Hall–Kier alpha value is -2.63. The Morgan fingerprint density at radius 1 is 1.21 bits per heavy atom. The van der Waals surface area contributed by atoms with Crippen LogP contribution in [-0.2, 0) is 4.79 Å². The Morgan fingerprint density at radius 3 is 2.67 bits per heavy atom. The molecule has 6 nitrogen and oxygen atoms in total. The molecule has 0 aliphatic carbocycles. The highest BCUT2D eigenvalue weighted by molar-refractivity contribution is 5.81. The van der Waals surface area contributed by atoms with Gasteiger partial charge in [0.2, 0.25) is 0 Å². The minimum absolute atomic E-state index is 0.0234. The van der Waals surface area contributed by atoms with Crippen LogP contribution in [0, 0.1) is 6.92 Å². The monoisotopic (exact) mass is 326 g/mol. The number of carbonyl (C=O) groups excluding carboxylic acids is 1. The first-order chi connectivity index (χ1) is 11.6. The molecule has 0 spiro atoms. The van der Waals surface area contributed by atoms with Crippen molar-refractivity contribution in [2.75, 3.05) is 31.1 Å². The van der Waals surface area contributed by atoms with Gasteiger partial charge in [-0.15, -0.1) is 0 Å². The van der Waals surface area contributed by atoms with Crippen molar-refractivity contribution in [2.24, 2.45) is 0 Å². The molecule has 0 radical (unpaired) electrons. The topological polar surface area (TPSA) is 58.6 Å². The van der Waals surface area contributed by atoms with Gasteiger partial charge in [0.05, 0.1) is 6.20 Å². The summed E-state index contributed by atoms with van der Waals surface area (Å²) in [6, 6.07) is 7.76. The van der Waals surface area contributed by atoms with Crippen LogP contribution in [0.4, 0.5) is 5.82 Å². The Labute approximate surface area is 142 Å². The number of amides is 1. The van der Waals surface area contributed by atoms with E-state index >= 15 is 0 Å². The molecule has 1 aromatic heterocycles. The number of benzene rings is 1. The lowest BCUT2D eigenvalue weighted by Crippen LogP contribution is -2.52. The van der Waals surface area contributed by atoms with Crippen LogP contribution in [0.15, 0.2) is 42.9 Å². The lowest BCUT2D eigenvalue weighted by atomic mass is 10.2. The number of carbonyl (C=O) groups is 1. The number of rotatable bonds is 4. The van der Waals surface area contributed by atoms with E-state index in [-0.39, 0.29) is 5.91 Å². The highest BCUT2D eigenvalue weighted by Crippen LogP contribution is 2.16. The fourth-order valence-electron chi connectivity index (χ4n) is 2.81. The van der Waals surface area contributed by atoms with Gasteiger partial charge in [0.25, 0.3) is 5.91 Å². The van der Waals surface area contributed by atoms with Crippen LogP contribution in [0.2, 0.25) is 0 Å². The third kappa shape index (κ3) is 3.82. The molecule has 3 rings (SSSR count). The quantitative estimate of drug-likeness (QED) is 0.859. The van der Waals surface area contributed by atoms with Crippen LogP contribution >= 0.6 is 0 Å². The molecule has 6 heteroatoms. The zero-order valence-electron chi connectivity index (χ0n) is 14.1. The standard InChI is InChI=1S/C18H22N4O2/c1-14-4-3-5-16(12-14)24-15(2)18(23)22-10-8-21(9-11-22)17-13-19-6-7-20-17/h3-7,12-13,15H,8-11H2,1-2H3/t15-/m0/s1. The second-order valence-electron chi connectivity index (χ2n) is 5.95. The molecule has 0 bridgehead atoms. The first-order valence-electron chi connectivity index (χ1n) is 8.16. The number of hydrogen-bond acceptors (Lipinski definition) is 5. The molecule has 1 aromatic carbocycles. The molecule has 1 fully saturated rings. The van der Waals surface area contributed by atoms with E-state index in [1.165, 1.54) is 0 Å². The number of anilines is 1. The van der Waals surface area contributed by atoms with Gasteiger partial charge in [-0.05, 0) is 31.5 Å². The van der Waals surface area contributed by atoms with Crippen molar-refractivity contribution < 1.29 is 9.53 Å². The van der Waals surface area contributed by atoms with Crippen LogP contribution in [0.25, 0.3) is 0 Å². The van der Waals surface area contributed by atoms with Crippen molar-refractivity contribution in [1.29, 1.82) is 0 Å². The molecular weight excluding hydrogens is 304 g/mol. The maximum atomic E-state index is 12.6. The van der Waals surface area contributed by atoms with Crippen molar-refractivity contribution in [2.45, 2.75) is 20.0 Å². The fraction of sp³-hybridized carbons (Fsp3) is 0.389. The summed E-state index contributed by atoms with van der Waals surface area (Å²) in [5.74, 6) is 1.61. The molecule has 0 unspecified atom stereocenters. The third-order valence-corrected chi connectivity index (χ3v) is 4.12. The first-order valence-corrected chi connectivity index (χ1v) is 8.16. The van der Waals surface area contributed by atoms with Gasteiger partial charge in [0, 0.05) is 38.6 Å². The minimum atomic E-state index is -0.491. The van der Waals surface area contributed by atoms with Gasteiger partial charge in [-0.3, -0.25) is 9.78 Å². The van der Waals surface area contributed by atoms with Crippen LogP contribution < -0.4 is 9.64 Å². The summed E-state index contributed by atoms with van der Waals surface area (Å²) >= 11 is 0. The van der Waals surface area contributed by atoms with E-state index in [0.717, 1.165) is 30.2 Å². The largest absolute Gasteiger partial charge is 0.481 e. The number of nitrogens with zero attached hydrogens (tertiary/aromatic N) is 4. The second-order valence-corrected chi connectivity index (χ2v) is 5.95. The van der Waals surface area contributed by atoms with E-state index in [1.807, 2.05) is 36.1 Å². The Bertz CT molecular complexity index is 684. The molecular formula is C18H22N4O2. The van der Waals surface area contributed by atoms with E-state index in [9.17, 15) is 4.79 Å². The predicted molar refractivity (Wildman–Crippen MR) is 92.1 cm³/mol. The van der Waals surface area contributed by atoms with Crippen molar-refractivity contribution in [1.82, 2.24) is 14.9 Å². The highest BCUT2D eigenvalue weighted by Gasteiger charge is 2.26. The van der Waals surface area contributed by atoms with Crippen molar-refractivity contribution in [3.8, 4) is 5.75 Å². The van der Waals surface area contributed by atoms with E-state index in [2.05, 4.69) is 14.9 Å². The summed E-state index contributed by atoms with van der Waals surface area (Å²) in [5, 5.41) is 0. The zero-order chi connectivity index (χ0) is 16.9. The first kappa shape index (κ1) is 16.2. The van der Waals surface area contributed by atoms with E-state index in [0.29, 0.717) is 13.1 Å². The Balaban J connectivity index is 1.55. The summed E-state index contributed by atoms with van der Waals surface area (Å²) in [5.41, 5.74) is 1.12. The molecule has 0 saturated carbocycles. The Kier molecular flexibility index (Phi) is 4.93. The smallest absolute Gasteiger partial charge is 0.263 e. The summed E-state index contributed by atoms with van der Waals surface area (Å²) in [6.45, 7) is 6.64. The average molecular weight is 326 g/mol. The number of hydrogen-bond donors (Lipinski definition) is 0. The molecule has 24 heavy (non-hydrogen) atoms. The van der Waals surface area contributed by atoms with Crippen molar-refractivity contribution in [3.05, 3.63) is 48.4 Å². The van der Waals surface area contributed by atoms with Gasteiger partial charge in [0.1, 0.15) is 11.6 Å². The lowest BCUT2D eigenvalue weighted by Gasteiger charge is -2.36. The molecule has 2 heterocycles. The second kappa shape index (κ2) is 7.29. The summed E-state index contributed by atoms with van der Waals surface area (Å²) in [4.78, 5) is 25.0. The molecule has 1 saturated heterocycles. The maximum Gasteiger partial charge on any atom is 0.263 e. The molecule has 1 atom stereocenters. The summed E-state index contributed by atoms with van der Waals surface area (Å²) in [7, 11) is 0. The summed E-state index contributed by atoms with van der Waals surface area (Å²) < 4.78 is 5.79. The molecule has 2 aromatic rings. The normalized spacial score (nSPS) is 15.9. The van der Waals surface area contributed by atoms with Gasteiger partial charge >= 0.3 is 0 Å². The van der Waals surface area contributed by atoms with E-state index in [4.69, 9.17) is 4.74 Å². The van der Waals surface area contributed by atoms with Crippen LogP contribution in [0.5, 0.6) is 5.75 Å². The van der Waals surface area contributed by atoms with Crippen molar-refractivity contribution in [3.63, 3.8) is 0 Å². The number of piperazine rings is 1. The predicted octanol–water partition coefficient (Wildman–Crippen LogP) is 1.90. The number of ether oxygens (including phenoxy) is 1. The maximum absolute atomic E-state index is 12.6. The fourth-order valence-corrected chi connectivity index (χ4v) is 2.81. The van der Waals surface area contributed by atoms with Gasteiger partial charge in [0.15, 0.2) is 6.10 Å². The van der Waals surface area contributed by atoms with Crippen LogP contribution in [0.3, 0.4) is 0 Å². The highest BCUT2D eigenvalue weighted by atomic mass is 16.5. The molecule has 1 amide bonds. The number of aromatic nitrogens is 2. The molecule has 126 valence electrons. The van der Waals surface area contributed by atoms with Crippen molar-refractivity contribution >= 4 is 11.7 Å². The van der Waals surface area contributed by atoms with E-state index in [1.54, 1.807) is 25.5 Å².